The van der Waals surface area contributed by atoms with E-state index < -0.39 is 31.6 Å². The molecule has 0 saturated heterocycles. The molecule has 146 valence electrons. The predicted octanol–water partition coefficient (Wildman–Crippen LogP) is 2.37. The van der Waals surface area contributed by atoms with Crippen molar-refractivity contribution < 1.29 is 26.7 Å². The molecular formula is C16H15Cl2NO6S2. The van der Waals surface area contributed by atoms with Crippen LogP contribution in [-0.2, 0) is 31.1 Å². The van der Waals surface area contributed by atoms with Gasteiger partial charge < -0.3 is 5.11 Å². The van der Waals surface area contributed by atoms with Crippen molar-refractivity contribution in [2.75, 3.05) is 12.3 Å². The highest BCUT2D eigenvalue weighted by Crippen LogP contribution is 2.24. The van der Waals surface area contributed by atoms with Crippen LogP contribution in [0.1, 0.15) is 5.56 Å². The molecule has 0 aliphatic carbocycles. The van der Waals surface area contributed by atoms with Crippen molar-refractivity contribution in [3.63, 3.8) is 0 Å². The number of hydrogen-bond acceptors (Lipinski definition) is 5. The highest BCUT2D eigenvalue weighted by molar-refractivity contribution is 7.92. The van der Waals surface area contributed by atoms with Crippen LogP contribution in [0, 0.1) is 0 Å². The minimum absolute atomic E-state index is 0.00497. The van der Waals surface area contributed by atoms with E-state index in [1.807, 2.05) is 0 Å². The highest BCUT2D eigenvalue weighted by atomic mass is 35.5. The van der Waals surface area contributed by atoms with Gasteiger partial charge in [-0.25, -0.2) is 21.6 Å². The SMILES string of the molecule is O=C(O)CS(=O)(=O)c1cc(CCNS(=O)(=O)c2ccc(Cl)cc2)ccc1Cl. The van der Waals surface area contributed by atoms with Crippen molar-refractivity contribution >= 4 is 49.0 Å². The molecule has 2 aromatic rings. The number of carboxylic acids is 1. The summed E-state index contributed by atoms with van der Waals surface area (Å²) in [5.74, 6) is -2.58. The Bertz CT molecular complexity index is 1050. The first kappa shape index (κ1) is 21.6. The standard InChI is InChI=1S/C16H15Cl2NO6S2/c17-12-2-4-13(5-3-12)27(24,25)19-8-7-11-1-6-14(18)15(9-11)26(22,23)10-16(20)21/h1-6,9,19H,7-8,10H2,(H,20,21). The third-order valence-corrected chi connectivity index (χ3v) is 7.28. The summed E-state index contributed by atoms with van der Waals surface area (Å²) in [5, 5.41) is 9.03. The van der Waals surface area contributed by atoms with E-state index in [2.05, 4.69) is 4.72 Å². The van der Waals surface area contributed by atoms with E-state index in [0.29, 0.717) is 10.6 Å². The Morgan fingerprint density at radius 2 is 1.63 bits per heavy atom. The molecule has 0 aromatic heterocycles. The van der Waals surface area contributed by atoms with E-state index in [-0.39, 0.29) is 27.8 Å². The summed E-state index contributed by atoms with van der Waals surface area (Å²) in [7, 11) is -7.84. The second-order valence-corrected chi connectivity index (χ2v) is 10.1. The van der Waals surface area contributed by atoms with E-state index in [4.69, 9.17) is 28.3 Å². The van der Waals surface area contributed by atoms with Gasteiger partial charge in [-0.3, -0.25) is 4.79 Å². The zero-order valence-corrected chi connectivity index (χ0v) is 16.9. The van der Waals surface area contributed by atoms with Crippen molar-refractivity contribution in [1.82, 2.24) is 4.72 Å². The van der Waals surface area contributed by atoms with Crippen LogP contribution in [0.15, 0.2) is 52.3 Å². The smallest absolute Gasteiger partial charge is 0.319 e. The van der Waals surface area contributed by atoms with Gasteiger partial charge in [-0.2, -0.15) is 0 Å². The first-order valence-corrected chi connectivity index (χ1v) is 11.4. The summed E-state index contributed by atoms with van der Waals surface area (Å²) >= 11 is 11.6. The average molecular weight is 452 g/mol. The summed E-state index contributed by atoms with van der Waals surface area (Å²) in [6.45, 7) is 0.00497. The van der Waals surface area contributed by atoms with Gasteiger partial charge in [0.1, 0.15) is 0 Å². The van der Waals surface area contributed by atoms with Crippen molar-refractivity contribution in [2.24, 2.45) is 0 Å². The lowest BCUT2D eigenvalue weighted by Crippen LogP contribution is -2.26. The molecule has 0 fully saturated rings. The van der Waals surface area contributed by atoms with Crippen LogP contribution >= 0.6 is 23.2 Å². The molecule has 0 heterocycles. The van der Waals surface area contributed by atoms with Crippen LogP contribution in [0.4, 0.5) is 0 Å². The molecule has 0 radical (unpaired) electrons. The number of nitrogens with one attached hydrogen (secondary N) is 1. The van der Waals surface area contributed by atoms with Crippen LogP contribution in [0.2, 0.25) is 10.0 Å². The molecule has 0 bridgehead atoms. The molecule has 0 aliphatic rings. The molecule has 0 unspecified atom stereocenters. The van der Waals surface area contributed by atoms with Gasteiger partial charge in [0.15, 0.2) is 15.6 Å². The first-order chi connectivity index (χ1) is 12.5. The Balaban J connectivity index is 2.11. The summed E-state index contributed by atoms with van der Waals surface area (Å²) in [5.41, 5.74) is 0.488. The molecular weight excluding hydrogens is 437 g/mol. The largest absolute Gasteiger partial charge is 0.480 e. The normalized spacial score (nSPS) is 12.1. The third kappa shape index (κ3) is 5.91. The number of hydrogen-bond donors (Lipinski definition) is 2. The Morgan fingerprint density at radius 3 is 2.22 bits per heavy atom. The zero-order valence-electron chi connectivity index (χ0n) is 13.7. The maximum Gasteiger partial charge on any atom is 0.319 e. The number of halogens is 2. The highest BCUT2D eigenvalue weighted by Gasteiger charge is 2.22. The summed E-state index contributed by atoms with van der Waals surface area (Å²) < 4.78 is 50.9. The molecule has 2 aromatic carbocycles. The molecule has 0 aliphatic heterocycles. The van der Waals surface area contributed by atoms with E-state index in [9.17, 15) is 21.6 Å². The van der Waals surface area contributed by atoms with Gasteiger partial charge in [0.2, 0.25) is 10.0 Å². The van der Waals surface area contributed by atoms with Gasteiger partial charge in [0.25, 0.3) is 0 Å². The van der Waals surface area contributed by atoms with Crippen LogP contribution in [-0.4, -0.2) is 40.2 Å². The summed E-state index contributed by atoms with van der Waals surface area (Å²) in [4.78, 5) is 10.5. The van der Waals surface area contributed by atoms with E-state index in [0.717, 1.165) is 0 Å². The fourth-order valence-electron chi connectivity index (χ4n) is 2.21. The van der Waals surface area contributed by atoms with Gasteiger partial charge >= 0.3 is 5.97 Å². The van der Waals surface area contributed by atoms with Crippen LogP contribution in [0.5, 0.6) is 0 Å². The maximum atomic E-state index is 12.2. The van der Waals surface area contributed by atoms with Gasteiger partial charge in [0.05, 0.1) is 14.8 Å². The first-order valence-electron chi connectivity index (χ1n) is 7.49. The minimum Gasteiger partial charge on any atom is -0.480 e. The lowest BCUT2D eigenvalue weighted by Gasteiger charge is -2.09. The quantitative estimate of drug-likeness (QED) is 0.635. The fourth-order valence-corrected chi connectivity index (χ4v) is 5.01. The van der Waals surface area contributed by atoms with Crippen molar-refractivity contribution in [1.29, 1.82) is 0 Å². The van der Waals surface area contributed by atoms with Gasteiger partial charge in [0, 0.05) is 11.6 Å². The molecule has 0 spiro atoms. The zero-order chi connectivity index (χ0) is 20.2. The summed E-state index contributed by atoms with van der Waals surface area (Å²) in [6.07, 6.45) is 0.180. The molecule has 27 heavy (non-hydrogen) atoms. The molecule has 2 N–H and O–H groups in total. The third-order valence-electron chi connectivity index (χ3n) is 3.47. The van der Waals surface area contributed by atoms with Crippen molar-refractivity contribution in [3.8, 4) is 0 Å². The second kappa shape index (κ2) is 8.57. The minimum atomic E-state index is -4.10. The van der Waals surface area contributed by atoms with Crippen LogP contribution in [0.25, 0.3) is 0 Å². The summed E-state index contributed by atoms with van der Waals surface area (Å²) in [6, 6.07) is 9.76. The maximum absolute atomic E-state index is 12.2. The lowest BCUT2D eigenvalue weighted by molar-refractivity contribution is -0.134. The monoisotopic (exact) mass is 451 g/mol. The Morgan fingerprint density at radius 1 is 1.00 bits per heavy atom. The lowest BCUT2D eigenvalue weighted by atomic mass is 10.1. The Kier molecular flexibility index (Phi) is 6.87. The molecule has 0 saturated carbocycles. The van der Waals surface area contributed by atoms with Gasteiger partial charge in [-0.1, -0.05) is 29.3 Å². The number of sulfonamides is 1. The molecule has 0 amide bonds. The van der Waals surface area contributed by atoms with E-state index in [1.165, 1.54) is 36.4 Å². The second-order valence-electron chi connectivity index (χ2n) is 5.52. The number of carboxylic acid groups (broad SMARTS) is 1. The molecule has 0 atom stereocenters. The number of carbonyl (C=O) groups is 1. The van der Waals surface area contributed by atoms with Gasteiger partial charge in [-0.15, -0.1) is 0 Å². The number of benzene rings is 2. The van der Waals surface area contributed by atoms with Gasteiger partial charge in [-0.05, 0) is 48.4 Å². The van der Waals surface area contributed by atoms with E-state index in [1.54, 1.807) is 6.07 Å². The number of sulfone groups is 1. The fraction of sp³-hybridized carbons (Fsp3) is 0.188. The van der Waals surface area contributed by atoms with Crippen molar-refractivity contribution in [3.05, 3.63) is 58.1 Å². The Labute approximate surface area is 166 Å². The Hall–Kier alpha value is -1.65. The molecule has 7 nitrogen and oxygen atoms in total. The van der Waals surface area contributed by atoms with Crippen LogP contribution < -0.4 is 4.72 Å². The van der Waals surface area contributed by atoms with Crippen molar-refractivity contribution in [2.45, 2.75) is 16.2 Å². The van der Waals surface area contributed by atoms with Crippen LogP contribution in [0.3, 0.4) is 0 Å². The number of rotatable bonds is 8. The topological polar surface area (TPSA) is 118 Å². The van der Waals surface area contributed by atoms with E-state index >= 15 is 0 Å². The average Bonchev–Trinajstić information content (AvgIpc) is 2.55. The molecule has 2 rings (SSSR count). The number of aliphatic carboxylic acids is 1. The predicted molar refractivity (Wildman–Crippen MR) is 101 cm³/mol. The molecule has 11 heteroatoms.